The number of likely N-dealkylation sites (N-methyl/N-ethyl adjacent to an activating group) is 1. The van der Waals surface area contributed by atoms with Crippen LogP contribution < -0.4 is 10.6 Å². The van der Waals surface area contributed by atoms with Gasteiger partial charge in [0.2, 0.25) is 0 Å². The third-order valence-corrected chi connectivity index (χ3v) is 2.46. The summed E-state index contributed by atoms with van der Waals surface area (Å²) in [6.45, 7) is 0. The van der Waals surface area contributed by atoms with Gasteiger partial charge in [0.1, 0.15) is 11.2 Å². The van der Waals surface area contributed by atoms with Crippen LogP contribution in [-0.4, -0.2) is 27.9 Å². The highest BCUT2D eigenvalue weighted by atomic mass is 16.2. The Morgan fingerprint density at radius 1 is 1.44 bits per heavy atom. The number of amides is 1. The number of nitrogens with one attached hydrogen (secondary N) is 2. The van der Waals surface area contributed by atoms with Gasteiger partial charge in [-0.3, -0.25) is 4.79 Å². The summed E-state index contributed by atoms with van der Waals surface area (Å²) in [6.07, 6.45) is 4.94. The highest BCUT2D eigenvalue weighted by Gasteiger charge is 2.22. The van der Waals surface area contributed by atoms with E-state index in [2.05, 4.69) is 25.6 Å². The van der Waals surface area contributed by atoms with E-state index in [4.69, 9.17) is 0 Å². The van der Waals surface area contributed by atoms with Crippen LogP contribution in [0.4, 0.5) is 5.82 Å². The van der Waals surface area contributed by atoms with Crippen LogP contribution in [0.2, 0.25) is 0 Å². The van der Waals surface area contributed by atoms with Crippen molar-refractivity contribution in [3.8, 4) is 0 Å². The Kier molecular flexibility index (Phi) is 1.70. The molecule has 2 aromatic heterocycles. The van der Waals surface area contributed by atoms with Crippen molar-refractivity contribution in [2.75, 3.05) is 7.05 Å². The van der Waals surface area contributed by atoms with Crippen molar-refractivity contribution in [3.05, 3.63) is 23.8 Å². The van der Waals surface area contributed by atoms with Crippen molar-refractivity contribution in [2.24, 2.45) is 0 Å². The Bertz CT molecular complexity index is 613. The molecule has 79 valence electrons. The average Bonchev–Trinajstić information content (AvgIpc) is 2.92. The zero-order chi connectivity index (χ0) is 11.1. The number of aromatic nitrogens is 3. The van der Waals surface area contributed by atoms with E-state index in [-0.39, 0.29) is 5.91 Å². The fourth-order valence-corrected chi connectivity index (χ4v) is 1.68. The standard InChI is InChI=1S/C10H8N5O/c1-11-10(16)6-2-5-8-7(13-4-14-8)3-12-9(5)15-6/h2-4H,1H3,(H,11,16)(H,13,14). The van der Waals surface area contributed by atoms with Gasteiger partial charge in [-0.05, 0) is 6.08 Å². The Morgan fingerprint density at radius 3 is 3.12 bits per heavy atom. The van der Waals surface area contributed by atoms with Crippen molar-refractivity contribution in [1.29, 1.82) is 0 Å². The van der Waals surface area contributed by atoms with Gasteiger partial charge in [0.05, 0.1) is 18.0 Å². The molecule has 0 fully saturated rings. The number of nitrogens with zero attached hydrogens (tertiary/aromatic N) is 3. The molecule has 2 N–H and O–H groups in total. The minimum atomic E-state index is -0.217. The Hall–Kier alpha value is -2.37. The van der Waals surface area contributed by atoms with Crippen LogP contribution >= 0.6 is 0 Å². The number of pyridine rings is 1. The van der Waals surface area contributed by atoms with Crippen LogP contribution in [0.3, 0.4) is 0 Å². The molecule has 16 heavy (non-hydrogen) atoms. The first-order valence-corrected chi connectivity index (χ1v) is 4.77. The summed E-state index contributed by atoms with van der Waals surface area (Å²) >= 11 is 0. The molecule has 1 aliphatic heterocycles. The fourth-order valence-electron chi connectivity index (χ4n) is 1.68. The molecular weight excluding hydrogens is 206 g/mol. The lowest BCUT2D eigenvalue weighted by Gasteiger charge is -1.98. The maximum atomic E-state index is 11.4. The van der Waals surface area contributed by atoms with Gasteiger partial charge < -0.3 is 10.3 Å². The van der Waals surface area contributed by atoms with Gasteiger partial charge >= 0.3 is 0 Å². The van der Waals surface area contributed by atoms with E-state index < -0.39 is 0 Å². The molecule has 0 atom stereocenters. The molecule has 0 bridgehead atoms. The molecular formula is C10H8N5O. The number of carbonyl (C=O) groups excluding carboxylic acids is 1. The molecule has 1 radical (unpaired) electrons. The number of imidazole rings is 1. The molecule has 3 heterocycles. The van der Waals surface area contributed by atoms with Crippen molar-refractivity contribution < 1.29 is 4.79 Å². The molecule has 0 spiro atoms. The number of H-pyrrole nitrogens is 1. The third kappa shape index (κ3) is 1.10. The van der Waals surface area contributed by atoms with Gasteiger partial charge in [-0.2, -0.15) is 0 Å². The maximum absolute atomic E-state index is 11.4. The average molecular weight is 214 g/mol. The Balaban J connectivity index is 2.17. The predicted molar refractivity (Wildman–Crippen MR) is 57.7 cm³/mol. The van der Waals surface area contributed by atoms with Crippen LogP contribution in [0.25, 0.3) is 17.1 Å². The summed E-state index contributed by atoms with van der Waals surface area (Å²) in [6, 6.07) is 0. The van der Waals surface area contributed by atoms with E-state index in [1.54, 1.807) is 25.6 Å². The van der Waals surface area contributed by atoms with E-state index >= 15 is 0 Å². The second kappa shape index (κ2) is 3.06. The molecule has 1 aliphatic rings. The number of hydrogen-bond acceptors (Lipinski definition) is 3. The minimum Gasteiger partial charge on any atom is -0.354 e. The first kappa shape index (κ1) is 8.90. The molecule has 0 aromatic carbocycles. The van der Waals surface area contributed by atoms with Crippen LogP contribution in [0.5, 0.6) is 0 Å². The topological polar surface area (TPSA) is 84.8 Å². The number of rotatable bonds is 1. The summed E-state index contributed by atoms with van der Waals surface area (Å²) in [4.78, 5) is 22.7. The van der Waals surface area contributed by atoms with Gasteiger partial charge in [0, 0.05) is 12.6 Å². The lowest BCUT2D eigenvalue weighted by atomic mass is 10.2. The first-order valence-electron chi connectivity index (χ1n) is 4.77. The molecule has 0 aliphatic carbocycles. The van der Waals surface area contributed by atoms with Crippen molar-refractivity contribution in [1.82, 2.24) is 25.6 Å². The molecule has 2 aromatic rings. The number of carbonyl (C=O) groups is 1. The normalized spacial score (nSPS) is 13.2. The molecule has 0 unspecified atom stereocenters. The second-order valence-corrected chi connectivity index (χ2v) is 3.38. The quantitative estimate of drug-likeness (QED) is 0.715. The number of fused-ring (bicyclic) bond motifs is 3. The van der Waals surface area contributed by atoms with E-state index in [0.717, 1.165) is 16.6 Å². The molecule has 1 amide bonds. The van der Waals surface area contributed by atoms with Gasteiger partial charge in [0.15, 0.2) is 5.82 Å². The molecule has 3 rings (SSSR count). The van der Waals surface area contributed by atoms with Gasteiger partial charge in [-0.15, -0.1) is 0 Å². The van der Waals surface area contributed by atoms with E-state index in [1.807, 2.05) is 0 Å². The zero-order valence-electron chi connectivity index (χ0n) is 8.48. The summed E-state index contributed by atoms with van der Waals surface area (Å²) in [5, 5.41) is 6.67. The summed E-state index contributed by atoms with van der Waals surface area (Å²) in [5.41, 5.74) is 2.80. The Morgan fingerprint density at radius 2 is 2.31 bits per heavy atom. The lowest BCUT2D eigenvalue weighted by molar-refractivity contribution is -0.117. The number of hydrogen-bond donors (Lipinski definition) is 2. The summed E-state index contributed by atoms with van der Waals surface area (Å²) in [7, 11) is 1.57. The maximum Gasteiger partial charge on any atom is 0.269 e. The highest BCUT2D eigenvalue weighted by molar-refractivity contribution is 6.04. The fraction of sp³-hybridized carbons (Fsp3) is 0.100. The third-order valence-electron chi connectivity index (χ3n) is 2.46. The van der Waals surface area contributed by atoms with Gasteiger partial charge in [-0.1, -0.05) is 0 Å². The molecule has 6 nitrogen and oxygen atoms in total. The van der Waals surface area contributed by atoms with Crippen LogP contribution in [0.15, 0.2) is 18.2 Å². The van der Waals surface area contributed by atoms with Crippen LogP contribution in [0.1, 0.15) is 5.56 Å². The van der Waals surface area contributed by atoms with Crippen LogP contribution in [0, 0.1) is 0 Å². The molecule has 0 saturated heterocycles. The summed E-state index contributed by atoms with van der Waals surface area (Å²) < 4.78 is 0. The predicted octanol–water partition coefficient (Wildman–Crippen LogP) is 0.294. The summed E-state index contributed by atoms with van der Waals surface area (Å²) in [5.74, 6) is 0.334. The Labute approximate surface area is 90.8 Å². The van der Waals surface area contributed by atoms with Crippen molar-refractivity contribution >= 4 is 28.8 Å². The van der Waals surface area contributed by atoms with Gasteiger partial charge in [0.25, 0.3) is 5.91 Å². The van der Waals surface area contributed by atoms with E-state index in [1.165, 1.54) is 0 Å². The lowest BCUT2D eigenvalue weighted by Crippen LogP contribution is -2.22. The molecule has 6 heteroatoms. The van der Waals surface area contributed by atoms with Crippen molar-refractivity contribution in [2.45, 2.75) is 0 Å². The SMILES string of the molecule is CNC(=O)C1=Cc2c(ncc3nc[nH]c23)[N]1. The largest absolute Gasteiger partial charge is 0.354 e. The van der Waals surface area contributed by atoms with Crippen LogP contribution in [-0.2, 0) is 4.79 Å². The zero-order valence-corrected chi connectivity index (χ0v) is 8.48. The first-order chi connectivity index (χ1) is 7.79. The van der Waals surface area contributed by atoms with E-state index in [0.29, 0.717) is 11.5 Å². The second-order valence-electron chi connectivity index (χ2n) is 3.38. The minimum absolute atomic E-state index is 0.217. The highest BCUT2D eigenvalue weighted by Crippen LogP contribution is 2.29. The van der Waals surface area contributed by atoms with Gasteiger partial charge in [-0.25, -0.2) is 15.3 Å². The van der Waals surface area contributed by atoms with Crippen molar-refractivity contribution in [3.63, 3.8) is 0 Å². The monoisotopic (exact) mass is 214 g/mol. The number of aromatic amines is 1. The molecule has 0 saturated carbocycles. The smallest absolute Gasteiger partial charge is 0.269 e. The van der Waals surface area contributed by atoms with E-state index in [9.17, 15) is 4.79 Å².